The molecule has 1 aromatic carbocycles. The van der Waals surface area contributed by atoms with Crippen LogP contribution in [0.15, 0.2) is 34.2 Å². The Morgan fingerprint density at radius 1 is 1.33 bits per heavy atom. The molecule has 27 heavy (non-hydrogen) atoms. The van der Waals surface area contributed by atoms with Gasteiger partial charge in [-0.15, -0.1) is 0 Å². The number of thioether (sulfide) groups is 1. The van der Waals surface area contributed by atoms with E-state index in [0.717, 1.165) is 36.9 Å². The summed E-state index contributed by atoms with van der Waals surface area (Å²) in [6.07, 6.45) is 3.64. The monoisotopic (exact) mass is 395 g/mol. The van der Waals surface area contributed by atoms with Gasteiger partial charge in [-0.3, -0.25) is 9.59 Å². The zero-order valence-corrected chi connectivity index (χ0v) is 15.3. The van der Waals surface area contributed by atoms with Crippen molar-refractivity contribution in [2.45, 2.75) is 37.5 Å². The normalized spacial score (nSPS) is 13.3. The average molecular weight is 395 g/mol. The van der Waals surface area contributed by atoms with Gasteiger partial charge in [-0.1, -0.05) is 17.8 Å². The van der Waals surface area contributed by atoms with E-state index in [4.69, 9.17) is 0 Å². The number of aromatic nitrogens is 2. The summed E-state index contributed by atoms with van der Waals surface area (Å²) in [6.45, 7) is -2.60. The van der Waals surface area contributed by atoms with Crippen molar-refractivity contribution in [3.05, 3.63) is 51.4 Å². The van der Waals surface area contributed by atoms with E-state index < -0.39 is 6.61 Å². The van der Waals surface area contributed by atoms with Gasteiger partial charge in [0.05, 0.1) is 5.69 Å². The first-order valence-electron chi connectivity index (χ1n) is 8.61. The van der Waals surface area contributed by atoms with Gasteiger partial charge in [0.25, 0.3) is 11.5 Å². The highest BCUT2D eigenvalue weighted by Crippen LogP contribution is 2.19. The van der Waals surface area contributed by atoms with E-state index in [1.54, 1.807) is 0 Å². The van der Waals surface area contributed by atoms with Crippen LogP contribution in [0.2, 0.25) is 0 Å². The molecular formula is C18H19F2N3O3S. The molecule has 1 aromatic heterocycles. The smallest absolute Gasteiger partial charge is 0.387 e. The van der Waals surface area contributed by atoms with Crippen LogP contribution in [0, 0.1) is 0 Å². The molecule has 0 radical (unpaired) electrons. The molecule has 1 aliphatic rings. The SMILES string of the molecule is O=C(NCCSc1nc2c(c(=O)[nH]1)CCCC2)c1cccc(OC(F)F)c1. The summed E-state index contributed by atoms with van der Waals surface area (Å²) in [4.78, 5) is 31.4. The number of hydrogen-bond acceptors (Lipinski definition) is 5. The van der Waals surface area contributed by atoms with E-state index in [2.05, 4.69) is 20.0 Å². The topological polar surface area (TPSA) is 84.1 Å². The summed E-state index contributed by atoms with van der Waals surface area (Å²) in [6, 6.07) is 5.61. The van der Waals surface area contributed by atoms with Crippen molar-refractivity contribution < 1.29 is 18.3 Å². The molecular weight excluding hydrogens is 376 g/mol. The van der Waals surface area contributed by atoms with Crippen LogP contribution < -0.4 is 15.6 Å². The van der Waals surface area contributed by atoms with Crippen molar-refractivity contribution in [2.75, 3.05) is 12.3 Å². The van der Waals surface area contributed by atoms with Gasteiger partial charge in [0.2, 0.25) is 0 Å². The number of carbonyl (C=O) groups is 1. The van der Waals surface area contributed by atoms with E-state index in [-0.39, 0.29) is 22.8 Å². The van der Waals surface area contributed by atoms with Crippen LogP contribution in [0.3, 0.4) is 0 Å². The van der Waals surface area contributed by atoms with Crippen molar-refractivity contribution >= 4 is 17.7 Å². The van der Waals surface area contributed by atoms with Gasteiger partial charge in [0.1, 0.15) is 5.75 Å². The first-order valence-corrected chi connectivity index (χ1v) is 9.59. The Kier molecular flexibility index (Phi) is 6.44. The largest absolute Gasteiger partial charge is 0.435 e. The molecule has 3 rings (SSSR count). The Morgan fingerprint density at radius 3 is 2.96 bits per heavy atom. The number of carbonyl (C=O) groups excluding carboxylic acids is 1. The second kappa shape index (κ2) is 8.98. The van der Waals surface area contributed by atoms with Gasteiger partial charge in [0, 0.05) is 23.4 Å². The summed E-state index contributed by atoms with van der Waals surface area (Å²) >= 11 is 1.35. The van der Waals surface area contributed by atoms with Crippen LogP contribution >= 0.6 is 11.8 Å². The Balaban J connectivity index is 1.51. The Morgan fingerprint density at radius 2 is 2.15 bits per heavy atom. The highest BCUT2D eigenvalue weighted by molar-refractivity contribution is 7.99. The average Bonchev–Trinajstić information content (AvgIpc) is 2.65. The van der Waals surface area contributed by atoms with Crippen LogP contribution in [0.1, 0.15) is 34.5 Å². The number of fused-ring (bicyclic) bond motifs is 1. The molecule has 0 bridgehead atoms. The molecule has 0 saturated carbocycles. The lowest BCUT2D eigenvalue weighted by Gasteiger charge is -2.14. The number of aromatic amines is 1. The third-order valence-corrected chi connectivity index (χ3v) is 4.99. The molecule has 0 spiro atoms. The minimum absolute atomic E-state index is 0.0668. The molecule has 0 aliphatic heterocycles. The summed E-state index contributed by atoms with van der Waals surface area (Å²) in [5.74, 6) is 0.0609. The highest BCUT2D eigenvalue weighted by Gasteiger charge is 2.15. The number of amides is 1. The summed E-state index contributed by atoms with van der Waals surface area (Å²) < 4.78 is 28.8. The molecule has 0 atom stereocenters. The third-order valence-electron chi connectivity index (χ3n) is 4.12. The van der Waals surface area contributed by atoms with E-state index in [1.165, 1.54) is 36.0 Å². The number of nitrogens with zero attached hydrogens (tertiary/aromatic N) is 1. The zero-order chi connectivity index (χ0) is 19.2. The number of aryl methyl sites for hydroxylation is 1. The molecule has 6 nitrogen and oxygen atoms in total. The predicted octanol–water partition coefficient (Wildman–Crippen LogP) is 2.77. The molecule has 1 aliphatic carbocycles. The predicted molar refractivity (Wildman–Crippen MR) is 97.6 cm³/mol. The minimum Gasteiger partial charge on any atom is -0.435 e. The van der Waals surface area contributed by atoms with Crippen molar-refractivity contribution in [3.63, 3.8) is 0 Å². The second-order valence-corrected chi connectivity index (χ2v) is 7.10. The number of alkyl halides is 2. The summed E-state index contributed by atoms with van der Waals surface area (Å²) in [7, 11) is 0. The maximum absolute atomic E-state index is 12.2. The Hall–Kier alpha value is -2.42. The van der Waals surface area contributed by atoms with Gasteiger partial charge < -0.3 is 15.0 Å². The third kappa shape index (κ3) is 5.29. The van der Waals surface area contributed by atoms with Crippen LogP contribution in [-0.2, 0) is 12.8 Å². The molecule has 0 saturated heterocycles. The molecule has 0 fully saturated rings. The van der Waals surface area contributed by atoms with E-state index in [9.17, 15) is 18.4 Å². The van der Waals surface area contributed by atoms with Crippen LogP contribution in [0.5, 0.6) is 5.75 Å². The van der Waals surface area contributed by atoms with E-state index in [1.807, 2.05) is 0 Å². The molecule has 1 heterocycles. The quantitative estimate of drug-likeness (QED) is 0.428. The van der Waals surface area contributed by atoms with Crippen molar-refractivity contribution in [1.29, 1.82) is 0 Å². The fraction of sp³-hybridized carbons (Fsp3) is 0.389. The lowest BCUT2D eigenvalue weighted by Crippen LogP contribution is -2.26. The first-order chi connectivity index (χ1) is 13.0. The lowest BCUT2D eigenvalue weighted by molar-refractivity contribution is -0.0498. The van der Waals surface area contributed by atoms with Crippen LogP contribution in [0.25, 0.3) is 0 Å². The number of ether oxygens (including phenoxy) is 1. The minimum atomic E-state index is -2.94. The number of hydrogen-bond donors (Lipinski definition) is 2. The van der Waals surface area contributed by atoms with Gasteiger partial charge in [-0.2, -0.15) is 8.78 Å². The number of halogens is 2. The number of rotatable bonds is 7. The molecule has 9 heteroatoms. The molecule has 1 amide bonds. The van der Waals surface area contributed by atoms with Gasteiger partial charge in [-0.25, -0.2) is 4.98 Å². The zero-order valence-electron chi connectivity index (χ0n) is 14.5. The molecule has 2 aromatic rings. The van der Waals surface area contributed by atoms with E-state index >= 15 is 0 Å². The molecule has 144 valence electrons. The fourth-order valence-electron chi connectivity index (χ4n) is 2.88. The standard InChI is InChI=1S/C18H19F2N3O3S/c19-17(20)26-12-5-3-4-11(10-12)15(24)21-8-9-27-18-22-14-7-2-1-6-13(14)16(25)23-18/h3-5,10,17H,1-2,6-9H2,(H,21,24)(H,22,23,25). The summed E-state index contributed by atoms with van der Waals surface area (Å²) in [5, 5.41) is 3.25. The number of nitrogens with one attached hydrogen (secondary N) is 2. The van der Waals surface area contributed by atoms with Gasteiger partial charge >= 0.3 is 6.61 Å². The number of benzene rings is 1. The van der Waals surface area contributed by atoms with Crippen molar-refractivity contribution in [3.8, 4) is 5.75 Å². The Bertz CT molecular complexity index is 873. The lowest BCUT2D eigenvalue weighted by atomic mass is 9.97. The van der Waals surface area contributed by atoms with Crippen LogP contribution in [-0.4, -0.2) is 34.8 Å². The Labute approximate surface area is 158 Å². The van der Waals surface area contributed by atoms with E-state index in [0.29, 0.717) is 17.5 Å². The van der Waals surface area contributed by atoms with Gasteiger partial charge in [0.15, 0.2) is 5.16 Å². The molecule has 2 N–H and O–H groups in total. The maximum Gasteiger partial charge on any atom is 0.387 e. The summed E-state index contributed by atoms with van der Waals surface area (Å²) in [5.41, 5.74) is 1.80. The highest BCUT2D eigenvalue weighted by atomic mass is 32.2. The first kappa shape index (κ1) is 19.3. The fourth-order valence-corrected chi connectivity index (χ4v) is 3.61. The second-order valence-electron chi connectivity index (χ2n) is 6.01. The van der Waals surface area contributed by atoms with Crippen LogP contribution in [0.4, 0.5) is 8.78 Å². The van der Waals surface area contributed by atoms with Crippen molar-refractivity contribution in [1.82, 2.24) is 15.3 Å². The number of H-pyrrole nitrogens is 1. The van der Waals surface area contributed by atoms with Crippen molar-refractivity contribution in [2.24, 2.45) is 0 Å². The van der Waals surface area contributed by atoms with Gasteiger partial charge in [-0.05, 0) is 43.9 Å². The maximum atomic E-state index is 12.2. The molecule has 0 unspecified atom stereocenters.